The molecule has 2 N–H and O–H groups in total. The number of nitrogens with zero attached hydrogens (tertiary/aromatic N) is 4. The second kappa shape index (κ2) is 7.15. The summed E-state index contributed by atoms with van der Waals surface area (Å²) in [7, 11) is 0. The first kappa shape index (κ1) is 20.2. The normalized spacial score (nSPS) is 23.9. The molecule has 1 aliphatic heterocycles. The maximum Gasteiger partial charge on any atom is 0.283 e. The predicted octanol–water partition coefficient (Wildman–Crippen LogP) is 3.56. The van der Waals surface area contributed by atoms with Crippen molar-refractivity contribution >= 4 is 16.9 Å². The first-order valence-corrected chi connectivity index (χ1v) is 9.75. The molecule has 0 bridgehead atoms. The number of alkyl halides is 2. The highest BCUT2D eigenvalue weighted by atomic mass is 19.3. The summed E-state index contributed by atoms with van der Waals surface area (Å²) in [6.45, 7) is 0. The molecule has 162 valence electrons. The van der Waals surface area contributed by atoms with Gasteiger partial charge in [0, 0.05) is 29.5 Å². The summed E-state index contributed by atoms with van der Waals surface area (Å²) in [6, 6.07) is 6.72. The molecule has 1 aromatic carbocycles. The summed E-state index contributed by atoms with van der Waals surface area (Å²) < 4.78 is 62.9. The molecule has 1 saturated carbocycles. The fraction of sp³-hybridized carbons (Fsp3) is 0.273. The van der Waals surface area contributed by atoms with Crippen LogP contribution in [0.5, 0.6) is 0 Å². The molecule has 6 nitrogen and oxygen atoms in total. The van der Waals surface area contributed by atoms with Gasteiger partial charge in [-0.15, -0.1) is 0 Å². The Morgan fingerprint density at radius 2 is 2.00 bits per heavy atom. The van der Waals surface area contributed by atoms with Crippen LogP contribution >= 0.6 is 0 Å². The van der Waals surface area contributed by atoms with Crippen molar-refractivity contribution in [3.8, 4) is 6.07 Å². The minimum atomic E-state index is -3.00. The van der Waals surface area contributed by atoms with E-state index in [0.717, 1.165) is 12.3 Å². The zero-order chi connectivity index (χ0) is 22.6. The number of aromatic nitrogens is 2. The Morgan fingerprint density at radius 1 is 1.19 bits per heavy atom. The third-order valence-electron chi connectivity index (χ3n) is 5.91. The molecule has 1 fully saturated rings. The monoisotopic (exact) mass is 441 g/mol. The lowest BCUT2D eigenvalue weighted by Gasteiger charge is -2.33. The fourth-order valence-corrected chi connectivity index (χ4v) is 4.32. The van der Waals surface area contributed by atoms with Crippen LogP contribution in [0.2, 0.25) is 0 Å². The van der Waals surface area contributed by atoms with Crippen LogP contribution in [0.3, 0.4) is 0 Å². The second-order valence-corrected chi connectivity index (χ2v) is 7.85. The quantitative estimate of drug-likeness (QED) is 0.625. The lowest BCUT2D eigenvalue weighted by Crippen LogP contribution is -2.43. The van der Waals surface area contributed by atoms with E-state index in [4.69, 9.17) is 15.7 Å². The number of nitrogens with two attached hydrogens (primary N) is 1. The number of amidine groups is 1. The van der Waals surface area contributed by atoms with E-state index in [1.807, 2.05) is 6.07 Å². The molecule has 2 aromatic heterocycles. The number of pyridine rings is 2. The van der Waals surface area contributed by atoms with Crippen LogP contribution in [-0.4, -0.2) is 28.5 Å². The van der Waals surface area contributed by atoms with Gasteiger partial charge in [0.1, 0.15) is 18.0 Å². The molecule has 0 saturated heterocycles. The molecule has 5 rings (SSSR count). The van der Waals surface area contributed by atoms with Crippen molar-refractivity contribution in [1.82, 2.24) is 9.97 Å². The van der Waals surface area contributed by atoms with E-state index in [1.54, 1.807) is 0 Å². The highest BCUT2D eigenvalue weighted by Crippen LogP contribution is 2.56. The minimum Gasteiger partial charge on any atom is -0.462 e. The van der Waals surface area contributed by atoms with E-state index in [2.05, 4.69) is 15.0 Å². The Bertz CT molecular complexity index is 1320. The summed E-state index contributed by atoms with van der Waals surface area (Å²) in [5.41, 5.74) is 4.44. The zero-order valence-corrected chi connectivity index (χ0v) is 16.4. The maximum absolute atomic E-state index is 14.8. The smallest absolute Gasteiger partial charge is 0.283 e. The van der Waals surface area contributed by atoms with Gasteiger partial charge in [-0.2, -0.15) is 5.26 Å². The summed E-state index contributed by atoms with van der Waals surface area (Å²) in [4.78, 5) is 12.1. The number of hydrogen-bond donors (Lipinski definition) is 1. The van der Waals surface area contributed by atoms with Crippen molar-refractivity contribution < 1.29 is 22.3 Å². The molecular formula is C22H15F4N5O. The Morgan fingerprint density at radius 3 is 2.75 bits per heavy atom. The average molecular weight is 441 g/mol. The van der Waals surface area contributed by atoms with Crippen LogP contribution in [0.15, 0.2) is 41.7 Å². The molecule has 0 amide bonds. The number of ether oxygens (including phenoxy) is 1. The molecule has 0 radical (unpaired) electrons. The highest BCUT2D eigenvalue weighted by molar-refractivity contribution is 5.82. The number of hydrogen-bond acceptors (Lipinski definition) is 6. The molecular weight excluding hydrogens is 426 g/mol. The van der Waals surface area contributed by atoms with E-state index < -0.39 is 41.6 Å². The SMILES string of the molecule is N#Cc1cnc2c(Cc3ccc(F)c([C@@]4(C(F)F)N=C(N)O[C@@H]5C[C@@H]54)c3)ncc(F)c2c1. The van der Waals surface area contributed by atoms with Crippen molar-refractivity contribution in [3.05, 3.63) is 70.7 Å². The van der Waals surface area contributed by atoms with Crippen LogP contribution in [0.1, 0.15) is 28.8 Å². The summed E-state index contributed by atoms with van der Waals surface area (Å²) in [5.74, 6) is -2.15. The minimum absolute atomic E-state index is 0.0755. The predicted molar refractivity (Wildman–Crippen MR) is 106 cm³/mol. The van der Waals surface area contributed by atoms with Crippen LogP contribution < -0.4 is 5.73 Å². The zero-order valence-electron chi connectivity index (χ0n) is 16.4. The van der Waals surface area contributed by atoms with E-state index in [0.29, 0.717) is 17.7 Å². The lowest BCUT2D eigenvalue weighted by molar-refractivity contribution is 0.0176. The molecule has 0 unspecified atom stereocenters. The number of aliphatic imine (C=N–C) groups is 1. The molecule has 32 heavy (non-hydrogen) atoms. The second-order valence-electron chi connectivity index (χ2n) is 7.85. The Balaban J connectivity index is 1.60. The van der Waals surface area contributed by atoms with Crippen molar-refractivity contribution in [1.29, 1.82) is 5.26 Å². The molecule has 3 heterocycles. The Hall–Kier alpha value is -3.74. The van der Waals surface area contributed by atoms with Crippen molar-refractivity contribution in [3.63, 3.8) is 0 Å². The third-order valence-corrected chi connectivity index (χ3v) is 5.91. The highest BCUT2D eigenvalue weighted by Gasteiger charge is 2.64. The van der Waals surface area contributed by atoms with Gasteiger partial charge < -0.3 is 10.5 Å². The van der Waals surface area contributed by atoms with Gasteiger partial charge in [-0.1, -0.05) is 6.07 Å². The summed E-state index contributed by atoms with van der Waals surface area (Å²) in [6.07, 6.45) is -0.850. The van der Waals surface area contributed by atoms with E-state index >= 15 is 0 Å². The van der Waals surface area contributed by atoms with Gasteiger partial charge in [0.25, 0.3) is 12.4 Å². The average Bonchev–Trinajstić information content (AvgIpc) is 3.55. The van der Waals surface area contributed by atoms with Crippen molar-refractivity contribution in [2.24, 2.45) is 16.6 Å². The summed E-state index contributed by atoms with van der Waals surface area (Å²) in [5, 5.41) is 9.15. The standard InChI is InChI=1S/C22H15F4N5O/c23-15-2-1-10(4-13(15)22(20(25)26)14-6-18(14)32-21(28)31-22)5-17-19-12(16(24)9-29-17)3-11(7-27)8-30-19/h1-4,8-9,14,18,20H,5-6H2,(H2,28,31)/t14-,18+,22+/m0/s1. The first-order valence-electron chi connectivity index (χ1n) is 9.75. The van der Waals surface area contributed by atoms with Crippen LogP contribution in [-0.2, 0) is 16.7 Å². The van der Waals surface area contributed by atoms with E-state index in [-0.39, 0.29) is 28.5 Å². The molecule has 0 spiro atoms. The summed E-state index contributed by atoms with van der Waals surface area (Å²) >= 11 is 0. The number of benzene rings is 1. The van der Waals surface area contributed by atoms with Gasteiger partial charge in [-0.3, -0.25) is 9.97 Å². The molecule has 10 heteroatoms. The molecule has 3 atom stereocenters. The maximum atomic E-state index is 14.8. The molecule has 2 aliphatic rings. The van der Waals surface area contributed by atoms with Gasteiger partial charge in [-0.25, -0.2) is 22.6 Å². The topological polar surface area (TPSA) is 97.2 Å². The van der Waals surface area contributed by atoms with E-state index in [1.165, 1.54) is 24.4 Å². The van der Waals surface area contributed by atoms with Gasteiger partial charge in [0.05, 0.1) is 23.0 Å². The van der Waals surface area contributed by atoms with Crippen molar-refractivity contribution in [2.45, 2.75) is 30.9 Å². The largest absolute Gasteiger partial charge is 0.462 e. The van der Waals surface area contributed by atoms with Crippen molar-refractivity contribution in [2.75, 3.05) is 0 Å². The Kier molecular flexibility index (Phi) is 4.51. The number of rotatable bonds is 4. The van der Waals surface area contributed by atoms with Gasteiger partial charge >= 0.3 is 0 Å². The van der Waals surface area contributed by atoms with Gasteiger partial charge in [0.2, 0.25) is 0 Å². The van der Waals surface area contributed by atoms with Crippen LogP contribution in [0.4, 0.5) is 17.6 Å². The molecule has 3 aromatic rings. The first-order chi connectivity index (χ1) is 15.3. The number of fused-ring (bicyclic) bond motifs is 2. The lowest BCUT2D eigenvalue weighted by atomic mass is 9.83. The number of halogens is 4. The van der Waals surface area contributed by atoms with E-state index in [9.17, 15) is 17.6 Å². The molecule has 1 aliphatic carbocycles. The third kappa shape index (κ3) is 3.04. The number of nitriles is 1. The van der Waals surface area contributed by atoms with Gasteiger partial charge in [0.15, 0.2) is 11.4 Å². The fourth-order valence-electron chi connectivity index (χ4n) is 4.32. The van der Waals surface area contributed by atoms with Crippen LogP contribution in [0.25, 0.3) is 10.9 Å². The van der Waals surface area contributed by atoms with Gasteiger partial charge in [-0.05, 0) is 30.2 Å². The Labute approximate surface area is 179 Å². The van der Waals surface area contributed by atoms with Crippen LogP contribution in [0, 0.1) is 28.9 Å².